The molecule has 0 spiro atoms. The molecule has 8 heteroatoms. The summed E-state index contributed by atoms with van der Waals surface area (Å²) in [5, 5.41) is 12.9. The number of anilines is 1. The van der Waals surface area contributed by atoms with Crippen molar-refractivity contribution in [2.45, 2.75) is 0 Å². The van der Waals surface area contributed by atoms with Crippen molar-refractivity contribution >= 4 is 49.4 Å². The lowest BCUT2D eigenvalue weighted by molar-refractivity contribution is -0.136. The van der Waals surface area contributed by atoms with Crippen LogP contribution < -0.4 is 15.4 Å². The first kappa shape index (κ1) is 15.5. The van der Waals surface area contributed by atoms with E-state index in [1.807, 2.05) is 0 Å². The van der Waals surface area contributed by atoms with Crippen LogP contribution in [0.1, 0.15) is 0 Å². The van der Waals surface area contributed by atoms with Gasteiger partial charge in [-0.05, 0) is 37.9 Å². The lowest BCUT2D eigenvalue weighted by atomic mass is 10.3. The highest BCUT2D eigenvalue weighted by Crippen LogP contribution is 2.34. The second-order valence-electron chi connectivity index (χ2n) is 3.26. The maximum absolute atomic E-state index is 11.5. The van der Waals surface area contributed by atoms with E-state index in [0.29, 0.717) is 20.4 Å². The number of rotatable bonds is 3. The van der Waals surface area contributed by atoms with E-state index in [4.69, 9.17) is 10.00 Å². The number of nitrogens with zero attached hydrogens (tertiary/aromatic N) is 1. The van der Waals surface area contributed by atoms with Gasteiger partial charge in [-0.3, -0.25) is 9.59 Å². The Morgan fingerprint density at radius 1 is 1.32 bits per heavy atom. The van der Waals surface area contributed by atoms with Gasteiger partial charge in [0, 0.05) is 10.5 Å². The summed E-state index contributed by atoms with van der Waals surface area (Å²) in [5.74, 6) is -1.23. The molecule has 0 atom stereocenters. The highest BCUT2D eigenvalue weighted by Gasteiger charge is 2.15. The summed E-state index contributed by atoms with van der Waals surface area (Å²) >= 11 is 6.54. The number of amides is 2. The van der Waals surface area contributed by atoms with Crippen LogP contribution in [0, 0.1) is 11.3 Å². The standard InChI is InChI=1S/C11H9Br2N3O3/c1-19-9-5-8(6(12)4-7(9)13)16-11(18)10(17)15-3-2-14/h4-5H,3H2,1H3,(H,15,17)(H,16,18). The van der Waals surface area contributed by atoms with Gasteiger partial charge in [0.25, 0.3) is 0 Å². The Hall–Kier alpha value is -1.59. The van der Waals surface area contributed by atoms with Gasteiger partial charge in [-0.25, -0.2) is 0 Å². The first-order valence-corrected chi connectivity index (χ1v) is 6.57. The van der Waals surface area contributed by atoms with Gasteiger partial charge in [0.05, 0.1) is 23.3 Å². The third-order valence-corrected chi connectivity index (χ3v) is 3.30. The Bertz CT molecular complexity index is 555. The Morgan fingerprint density at radius 3 is 2.58 bits per heavy atom. The molecule has 1 aromatic rings. The molecular formula is C11H9Br2N3O3. The summed E-state index contributed by atoms with van der Waals surface area (Å²) in [6, 6.07) is 4.95. The Labute approximate surface area is 126 Å². The van der Waals surface area contributed by atoms with Gasteiger partial charge in [0.2, 0.25) is 0 Å². The molecule has 0 saturated carbocycles. The Kier molecular flexibility index (Phi) is 5.79. The predicted molar refractivity (Wildman–Crippen MR) is 75.6 cm³/mol. The number of methoxy groups -OCH3 is 1. The van der Waals surface area contributed by atoms with Gasteiger partial charge in [0.15, 0.2) is 0 Å². The minimum Gasteiger partial charge on any atom is -0.495 e. The van der Waals surface area contributed by atoms with Crippen LogP contribution >= 0.6 is 31.9 Å². The van der Waals surface area contributed by atoms with E-state index < -0.39 is 11.8 Å². The molecule has 19 heavy (non-hydrogen) atoms. The summed E-state index contributed by atoms with van der Waals surface area (Å²) < 4.78 is 6.37. The lowest BCUT2D eigenvalue weighted by Gasteiger charge is -2.10. The van der Waals surface area contributed by atoms with E-state index in [1.165, 1.54) is 7.11 Å². The average molecular weight is 391 g/mol. The quantitative estimate of drug-likeness (QED) is 0.608. The van der Waals surface area contributed by atoms with E-state index in [9.17, 15) is 9.59 Å². The number of nitriles is 1. The number of carbonyl (C=O) groups excluding carboxylic acids is 2. The highest BCUT2D eigenvalue weighted by molar-refractivity contribution is 9.11. The minimum absolute atomic E-state index is 0.225. The van der Waals surface area contributed by atoms with Gasteiger partial charge in [-0.1, -0.05) is 0 Å². The summed E-state index contributed by atoms with van der Waals surface area (Å²) in [6.07, 6.45) is 0. The lowest BCUT2D eigenvalue weighted by Crippen LogP contribution is -2.35. The molecule has 2 amide bonds. The molecule has 0 radical (unpaired) electrons. The average Bonchev–Trinajstić information content (AvgIpc) is 2.38. The summed E-state index contributed by atoms with van der Waals surface area (Å²) in [7, 11) is 1.49. The van der Waals surface area contributed by atoms with Gasteiger partial charge >= 0.3 is 11.8 Å². The molecule has 0 bridgehead atoms. The van der Waals surface area contributed by atoms with Crippen molar-refractivity contribution in [3.05, 3.63) is 21.1 Å². The maximum Gasteiger partial charge on any atom is 0.313 e. The predicted octanol–water partition coefficient (Wildman–Crippen LogP) is 1.80. The molecule has 0 aromatic heterocycles. The molecular weight excluding hydrogens is 382 g/mol. The van der Waals surface area contributed by atoms with Crippen molar-refractivity contribution in [2.75, 3.05) is 19.0 Å². The van der Waals surface area contributed by atoms with Gasteiger partial charge in [0.1, 0.15) is 12.3 Å². The molecule has 6 nitrogen and oxygen atoms in total. The van der Waals surface area contributed by atoms with Crippen LogP contribution in [0.5, 0.6) is 5.75 Å². The summed E-state index contributed by atoms with van der Waals surface area (Å²) in [5.41, 5.74) is 0.386. The molecule has 0 aliphatic heterocycles. The van der Waals surface area contributed by atoms with Gasteiger partial charge < -0.3 is 15.4 Å². The molecule has 0 saturated heterocycles. The van der Waals surface area contributed by atoms with Crippen LogP contribution in [-0.2, 0) is 9.59 Å². The molecule has 0 aliphatic rings. The van der Waals surface area contributed by atoms with Crippen LogP contribution in [0.2, 0.25) is 0 Å². The number of hydrogen-bond acceptors (Lipinski definition) is 4. The van der Waals surface area contributed by atoms with Crippen molar-refractivity contribution in [1.82, 2.24) is 5.32 Å². The van der Waals surface area contributed by atoms with Gasteiger partial charge in [-0.15, -0.1) is 0 Å². The van der Waals surface area contributed by atoms with Crippen molar-refractivity contribution in [2.24, 2.45) is 0 Å². The van der Waals surface area contributed by atoms with Crippen LogP contribution in [0.15, 0.2) is 21.1 Å². The minimum atomic E-state index is -0.879. The highest BCUT2D eigenvalue weighted by atomic mass is 79.9. The smallest absolute Gasteiger partial charge is 0.313 e. The number of halogens is 2. The van der Waals surface area contributed by atoms with Crippen LogP contribution in [0.3, 0.4) is 0 Å². The maximum atomic E-state index is 11.5. The summed E-state index contributed by atoms with van der Waals surface area (Å²) in [6.45, 7) is -0.225. The van der Waals surface area contributed by atoms with Crippen molar-refractivity contribution in [3.8, 4) is 11.8 Å². The van der Waals surface area contributed by atoms with E-state index >= 15 is 0 Å². The third kappa shape index (κ3) is 4.22. The van der Waals surface area contributed by atoms with E-state index in [-0.39, 0.29) is 6.54 Å². The number of hydrogen-bond donors (Lipinski definition) is 2. The fraction of sp³-hybridized carbons (Fsp3) is 0.182. The largest absolute Gasteiger partial charge is 0.495 e. The fourth-order valence-electron chi connectivity index (χ4n) is 1.16. The van der Waals surface area contributed by atoms with Crippen LogP contribution in [-0.4, -0.2) is 25.5 Å². The molecule has 1 rings (SSSR count). The normalized spacial score (nSPS) is 9.37. The molecule has 2 N–H and O–H groups in total. The fourth-order valence-corrected chi connectivity index (χ4v) is 2.42. The number of nitrogens with one attached hydrogen (secondary N) is 2. The van der Waals surface area contributed by atoms with Gasteiger partial charge in [-0.2, -0.15) is 5.26 Å². The molecule has 0 heterocycles. The van der Waals surface area contributed by atoms with Crippen molar-refractivity contribution in [3.63, 3.8) is 0 Å². The first-order chi connectivity index (χ1) is 8.99. The summed E-state index contributed by atoms with van der Waals surface area (Å²) in [4.78, 5) is 22.9. The van der Waals surface area contributed by atoms with Crippen LogP contribution in [0.4, 0.5) is 5.69 Å². The number of ether oxygens (including phenoxy) is 1. The third-order valence-electron chi connectivity index (χ3n) is 2.02. The molecule has 0 fully saturated rings. The SMILES string of the molecule is COc1cc(NC(=O)C(=O)NCC#N)c(Br)cc1Br. The first-order valence-electron chi connectivity index (χ1n) is 4.98. The zero-order valence-corrected chi connectivity index (χ0v) is 13.0. The zero-order valence-electron chi connectivity index (χ0n) is 9.79. The molecule has 0 aliphatic carbocycles. The molecule has 0 unspecified atom stereocenters. The number of carbonyl (C=O) groups is 2. The molecule has 100 valence electrons. The van der Waals surface area contributed by atoms with E-state index in [0.717, 1.165) is 0 Å². The van der Waals surface area contributed by atoms with Crippen LogP contribution in [0.25, 0.3) is 0 Å². The second-order valence-corrected chi connectivity index (χ2v) is 4.97. The van der Waals surface area contributed by atoms with Crippen molar-refractivity contribution < 1.29 is 14.3 Å². The monoisotopic (exact) mass is 389 g/mol. The Morgan fingerprint density at radius 2 is 2.00 bits per heavy atom. The second kappa shape index (κ2) is 7.11. The number of benzene rings is 1. The van der Waals surface area contributed by atoms with E-state index in [1.54, 1.807) is 18.2 Å². The Balaban J connectivity index is 2.85. The van der Waals surface area contributed by atoms with Crippen molar-refractivity contribution in [1.29, 1.82) is 5.26 Å². The molecule has 1 aromatic carbocycles. The topological polar surface area (TPSA) is 91.2 Å². The zero-order chi connectivity index (χ0) is 14.4. The van der Waals surface area contributed by atoms with E-state index in [2.05, 4.69) is 42.5 Å².